The lowest BCUT2D eigenvalue weighted by atomic mass is 10.1. The molecule has 0 atom stereocenters. The van der Waals surface area contributed by atoms with E-state index >= 15 is 0 Å². The second-order valence-electron chi connectivity index (χ2n) is 3.84. The number of halogens is 1. The molecular weight excluding hydrogens is 308 g/mol. The Balaban J connectivity index is 3.29. The van der Waals surface area contributed by atoms with Crippen molar-refractivity contribution < 1.29 is 29.5 Å². The largest absolute Gasteiger partial charge is 0.480 e. The maximum atomic E-state index is 12.2. The lowest BCUT2D eigenvalue weighted by Gasteiger charge is -2.18. The molecule has 0 radical (unpaired) electrons. The highest BCUT2D eigenvalue weighted by atomic mass is 35.5. The number of amides is 1. The zero-order valence-corrected chi connectivity index (χ0v) is 11.1. The Hall–Kier alpha value is -2.68. The summed E-state index contributed by atoms with van der Waals surface area (Å²) in [6.45, 7) is -1.85. The summed E-state index contributed by atoms with van der Waals surface area (Å²) in [7, 11) is 0. The monoisotopic (exact) mass is 316 g/mol. The van der Waals surface area contributed by atoms with Gasteiger partial charge in [-0.05, 0) is 6.07 Å². The zero-order chi connectivity index (χ0) is 16.2. The zero-order valence-electron chi connectivity index (χ0n) is 10.4. The third kappa shape index (κ3) is 4.14. The summed E-state index contributed by atoms with van der Waals surface area (Å²) < 4.78 is 0. The van der Waals surface area contributed by atoms with Crippen molar-refractivity contribution in [3.05, 3.63) is 38.9 Å². The van der Waals surface area contributed by atoms with Crippen LogP contribution in [-0.2, 0) is 9.59 Å². The Kier molecular flexibility index (Phi) is 5.19. The van der Waals surface area contributed by atoms with Gasteiger partial charge in [0.05, 0.1) is 9.95 Å². The van der Waals surface area contributed by atoms with Crippen molar-refractivity contribution in [2.24, 2.45) is 0 Å². The Morgan fingerprint density at radius 2 is 1.71 bits per heavy atom. The summed E-state index contributed by atoms with van der Waals surface area (Å²) in [6.07, 6.45) is 0. The second kappa shape index (κ2) is 6.66. The van der Waals surface area contributed by atoms with Crippen LogP contribution in [-0.4, -0.2) is 51.0 Å². The Morgan fingerprint density at radius 1 is 1.19 bits per heavy atom. The minimum atomic E-state index is -1.46. The van der Waals surface area contributed by atoms with E-state index in [0.717, 1.165) is 6.07 Å². The molecule has 0 unspecified atom stereocenters. The van der Waals surface area contributed by atoms with Crippen LogP contribution in [0.25, 0.3) is 0 Å². The smallest absolute Gasteiger partial charge is 0.323 e. The number of hydrogen-bond acceptors (Lipinski definition) is 5. The fourth-order valence-electron chi connectivity index (χ4n) is 1.56. The molecule has 0 fully saturated rings. The van der Waals surface area contributed by atoms with Crippen molar-refractivity contribution in [1.29, 1.82) is 0 Å². The van der Waals surface area contributed by atoms with E-state index in [9.17, 15) is 24.5 Å². The molecule has 112 valence electrons. The number of hydrogen-bond donors (Lipinski definition) is 2. The Bertz CT molecular complexity index is 601. The van der Waals surface area contributed by atoms with Crippen LogP contribution < -0.4 is 0 Å². The molecule has 0 aliphatic rings. The normalized spacial score (nSPS) is 9.95. The molecule has 1 amide bonds. The van der Waals surface area contributed by atoms with Crippen LogP contribution in [0.2, 0.25) is 5.02 Å². The molecule has 1 aromatic carbocycles. The maximum absolute atomic E-state index is 12.2. The van der Waals surface area contributed by atoms with Crippen LogP contribution in [0.5, 0.6) is 0 Å². The first-order chi connectivity index (χ1) is 9.73. The molecule has 0 aliphatic carbocycles. The van der Waals surface area contributed by atoms with Gasteiger partial charge in [0.2, 0.25) is 0 Å². The molecular formula is C11H9ClN2O7. The number of carbonyl (C=O) groups is 3. The summed E-state index contributed by atoms with van der Waals surface area (Å²) in [4.78, 5) is 44.0. The first-order valence-electron chi connectivity index (χ1n) is 5.39. The molecule has 1 rings (SSSR count). The quantitative estimate of drug-likeness (QED) is 0.586. The molecule has 0 bridgehead atoms. The highest BCUT2D eigenvalue weighted by Crippen LogP contribution is 2.27. The molecule has 10 heteroatoms. The van der Waals surface area contributed by atoms with Gasteiger partial charge < -0.3 is 15.1 Å². The third-order valence-corrected chi connectivity index (χ3v) is 2.66. The molecule has 0 heterocycles. The maximum Gasteiger partial charge on any atom is 0.323 e. The predicted octanol–water partition coefficient (Wildman–Crippen LogP) is 0.860. The fraction of sp³-hybridized carbons (Fsp3) is 0.182. The van der Waals surface area contributed by atoms with E-state index in [4.69, 9.17) is 21.8 Å². The van der Waals surface area contributed by atoms with Crippen LogP contribution in [0.15, 0.2) is 18.2 Å². The van der Waals surface area contributed by atoms with E-state index in [1.54, 1.807) is 0 Å². The Morgan fingerprint density at radius 3 is 2.14 bits per heavy atom. The molecule has 0 spiro atoms. The van der Waals surface area contributed by atoms with Gasteiger partial charge >= 0.3 is 11.9 Å². The number of nitro groups is 1. The van der Waals surface area contributed by atoms with E-state index in [1.807, 2.05) is 0 Å². The fourth-order valence-corrected chi connectivity index (χ4v) is 1.81. The molecule has 0 aromatic heterocycles. The van der Waals surface area contributed by atoms with E-state index in [2.05, 4.69) is 0 Å². The molecule has 21 heavy (non-hydrogen) atoms. The lowest BCUT2D eigenvalue weighted by Crippen LogP contribution is -2.39. The van der Waals surface area contributed by atoms with Crippen LogP contribution in [0.4, 0.5) is 5.69 Å². The van der Waals surface area contributed by atoms with Gasteiger partial charge in [-0.3, -0.25) is 24.5 Å². The van der Waals surface area contributed by atoms with Crippen LogP contribution in [0.3, 0.4) is 0 Å². The van der Waals surface area contributed by atoms with Crippen molar-refractivity contribution >= 4 is 35.1 Å². The predicted molar refractivity (Wildman–Crippen MR) is 69.3 cm³/mol. The van der Waals surface area contributed by atoms with Crippen molar-refractivity contribution in [3.8, 4) is 0 Å². The van der Waals surface area contributed by atoms with E-state index in [-0.39, 0.29) is 5.02 Å². The number of carboxylic acid groups (broad SMARTS) is 2. The van der Waals surface area contributed by atoms with Gasteiger partial charge in [0.1, 0.15) is 18.7 Å². The molecule has 2 N–H and O–H groups in total. The van der Waals surface area contributed by atoms with Gasteiger partial charge in [-0.2, -0.15) is 0 Å². The van der Waals surface area contributed by atoms with Crippen molar-refractivity contribution in [1.82, 2.24) is 4.90 Å². The topological polar surface area (TPSA) is 138 Å². The minimum absolute atomic E-state index is 0.269. The summed E-state index contributed by atoms with van der Waals surface area (Å²) in [5, 5.41) is 28.0. The number of carboxylic acids is 2. The average Bonchev–Trinajstić information content (AvgIpc) is 2.35. The number of rotatable bonds is 6. The molecule has 0 saturated heterocycles. The van der Waals surface area contributed by atoms with Gasteiger partial charge in [-0.1, -0.05) is 17.7 Å². The van der Waals surface area contributed by atoms with Gasteiger partial charge in [0, 0.05) is 6.07 Å². The summed E-state index contributed by atoms with van der Waals surface area (Å²) >= 11 is 5.74. The number of carbonyl (C=O) groups excluding carboxylic acids is 1. The van der Waals surface area contributed by atoms with Gasteiger partial charge in [0.25, 0.3) is 11.6 Å². The SMILES string of the molecule is O=C(O)CN(CC(=O)O)C(=O)c1c(Cl)cccc1[N+](=O)[O-]. The van der Waals surface area contributed by atoms with E-state index < -0.39 is 47.1 Å². The van der Waals surface area contributed by atoms with Gasteiger partial charge in [0.15, 0.2) is 0 Å². The average molecular weight is 317 g/mol. The number of nitro benzene ring substituents is 1. The number of aliphatic carboxylic acids is 2. The van der Waals surface area contributed by atoms with Crippen molar-refractivity contribution in [3.63, 3.8) is 0 Å². The van der Waals surface area contributed by atoms with E-state index in [1.165, 1.54) is 12.1 Å². The summed E-state index contributed by atoms with van der Waals surface area (Å²) in [6, 6.07) is 3.47. The van der Waals surface area contributed by atoms with Crippen LogP contribution in [0.1, 0.15) is 10.4 Å². The van der Waals surface area contributed by atoms with Crippen LogP contribution >= 0.6 is 11.6 Å². The molecule has 0 aliphatic heterocycles. The standard InChI is InChI=1S/C11H9ClN2O7/c12-6-2-1-3-7(14(20)21)10(6)11(19)13(4-8(15)16)5-9(17)18/h1-3H,4-5H2,(H,15,16)(H,17,18). The number of nitrogens with zero attached hydrogens (tertiary/aromatic N) is 2. The van der Waals surface area contributed by atoms with E-state index in [0.29, 0.717) is 4.90 Å². The summed E-state index contributed by atoms with van der Waals surface area (Å²) in [5.41, 5.74) is -1.18. The highest BCUT2D eigenvalue weighted by Gasteiger charge is 2.29. The van der Waals surface area contributed by atoms with Crippen molar-refractivity contribution in [2.45, 2.75) is 0 Å². The molecule has 0 saturated carbocycles. The number of benzene rings is 1. The first kappa shape index (κ1) is 16.4. The molecule has 1 aromatic rings. The van der Waals surface area contributed by atoms with Crippen molar-refractivity contribution in [2.75, 3.05) is 13.1 Å². The van der Waals surface area contributed by atoms with Gasteiger partial charge in [-0.25, -0.2) is 0 Å². The van der Waals surface area contributed by atoms with Gasteiger partial charge in [-0.15, -0.1) is 0 Å². The summed E-state index contributed by atoms with van der Waals surface area (Å²) in [5.74, 6) is -4.06. The Labute approximate surface area is 122 Å². The molecule has 9 nitrogen and oxygen atoms in total. The lowest BCUT2D eigenvalue weighted by molar-refractivity contribution is -0.385. The third-order valence-electron chi connectivity index (χ3n) is 2.34. The second-order valence-corrected chi connectivity index (χ2v) is 4.25. The highest BCUT2D eigenvalue weighted by molar-refractivity contribution is 6.34. The van der Waals surface area contributed by atoms with Crippen LogP contribution in [0, 0.1) is 10.1 Å². The first-order valence-corrected chi connectivity index (χ1v) is 5.77. The minimum Gasteiger partial charge on any atom is -0.480 e.